The third kappa shape index (κ3) is 3.39. The van der Waals surface area contributed by atoms with Crippen LogP contribution in [0.5, 0.6) is 0 Å². The maximum atomic E-state index is 11.7. The summed E-state index contributed by atoms with van der Waals surface area (Å²) in [6, 6.07) is 17.2. The van der Waals surface area contributed by atoms with Gasteiger partial charge in [-0.1, -0.05) is 36.4 Å². The van der Waals surface area contributed by atoms with Crippen LogP contribution >= 0.6 is 0 Å². The number of esters is 1. The first-order valence-corrected chi connectivity index (χ1v) is 6.67. The van der Waals surface area contributed by atoms with E-state index in [-0.39, 0.29) is 12.6 Å². The molecule has 0 aliphatic rings. The SMILES string of the molecule is O=C(/C=C/c1ccc2occc2c1)OCc1ccccc1. The van der Waals surface area contributed by atoms with Crippen LogP contribution in [0.2, 0.25) is 0 Å². The van der Waals surface area contributed by atoms with E-state index in [2.05, 4.69) is 0 Å². The van der Waals surface area contributed by atoms with E-state index in [1.807, 2.05) is 54.6 Å². The van der Waals surface area contributed by atoms with Gasteiger partial charge in [-0.2, -0.15) is 0 Å². The lowest BCUT2D eigenvalue weighted by molar-refractivity contribution is -0.138. The van der Waals surface area contributed by atoms with Crippen LogP contribution in [0, 0.1) is 0 Å². The molecule has 3 heteroatoms. The Balaban J connectivity index is 1.61. The number of hydrogen-bond donors (Lipinski definition) is 0. The van der Waals surface area contributed by atoms with Crippen LogP contribution in [0.3, 0.4) is 0 Å². The minimum absolute atomic E-state index is 0.283. The lowest BCUT2D eigenvalue weighted by Gasteiger charge is -2.01. The molecule has 3 aromatic rings. The van der Waals surface area contributed by atoms with Crippen LogP contribution in [-0.2, 0) is 16.1 Å². The monoisotopic (exact) mass is 278 g/mol. The van der Waals surface area contributed by atoms with Crippen molar-refractivity contribution in [1.82, 2.24) is 0 Å². The summed E-state index contributed by atoms with van der Waals surface area (Å²) in [6.07, 6.45) is 4.82. The average molecular weight is 278 g/mol. The van der Waals surface area contributed by atoms with Gasteiger partial charge < -0.3 is 9.15 Å². The van der Waals surface area contributed by atoms with E-state index >= 15 is 0 Å². The molecule has 0 spiro atoms. The molecule has 0 saturated heterocycles. The van der Waals surface area contributed by atoms with Gasteiger partial charge in [0.25, 0.3) is 0 Å². The van der Waals surface area contributed by atoms with Crippen molar-refractivity contribution in [3.63, 3.8) is 0 Å². The van der Waals surface area contributed by atoms with Gasteiger partial charge in [0.05, 0.1) is 6.26 Å². The van der Waals surface area contributed by atoms with Crippen LogP contribution in [0.4, 0.5) is 0 Å². The van der Waals surface area contributed by atoms with E-state index in [0.29, 0.717) is 0 Å². The highest BCUT2D eigenvalue weighted by molar-refractivity contribution is 5.88. The lowest BCUT2D eigenvalue weighted by atomic mass is 10.1. The van der Waals surface area contributed by atoms with E-state index in [1.165, 1.54) is 6.08 Å². The summed E-state index contributed by atoms with van der Waals surface area (Å²) in [5.41, 5.74) is 2.73. The van der Waals surface area contributed by atoms with Crippen molar-refractivity contribution in [2.75, 3.05) is 0 Å². The maximum Gasteiger partial charge on any atom is 0.331 e. The summed E-state index contributed by atoms with van der Waals surface area (Å²) in [5.74, 6) is -0.355. The Kier molecular flexibility index (Phi) is 3.83. The van der Waals surface area contributed by atoms with Crippen LogP contribution in [0.15, 0.2) is 71.4 Å². The zero-order valence-electron chi connectivity index (χ0n) is 11.4. The highest BCUT2D eigenvalue weighted by atomic mass is 16.5. The van der Waals surface area contributed by atoms with Crippen LogP contribution in [0.25, 0.3) is 17.0 Å². The van der Waals surface area contributed by atoms with Crippen molar-refractivity contribution in [2.24, 2.45) is 0 Å². The second-order valence-electron chi connectivity index (χ2n) is 4.64. The molecule has 0 aliphatic heterocycles. The molecule has 0 unspecified atom stereocenters. The highest BCUT2D eigenvalue weighted by Crippen LogP contribution is 2.17. The van der Waals surface area contributed by atoms with E-state index in [0.717, 1.165) is 22.1 Å². The Morgan fingerprint density at radius 3 is 2.81 bits per heavy atom. The van der Waals surface area contributed by atoms with Gasteiger partial charge in [-0.25, -0.2) is 4.79 Å². The first-order valence-electron chi connectivity index (χ1n) is 6.67. The fourth-order valence-electron chi connectivity index (χ4n) is 2.03. The Labute approximate surface area is 122 Å². The molecule has 1 heterocycles. The third-order valence-electron chi connectivity index (χ3n) is 3.11. The summed E-state index contributed by atoms with van der Waals surface area (Å²) in [5, 5.41) is 1.01. The normalized spacial score (nSPS) is 11.0. The number of carbonyl (C=O) groups is 1. The minimum Gasteiger partial charge on any atom is -0.464 e. The second kappa shape index (κ2) is 6.09. The number of carbonyl (C=O) groups excluding carboxylic acids is 1. The highest BCUT2D eigenvalue weighted by Gasteiger charge is 2.00. The van der Waals surface area contributed by atoms with E-state index < -0.39 is 0 Å². The summed E-state index contributed by atoms with van der Waals surface area (Å²) in [6.45, 7) is 0.283. The number of benzene rings is 2. The standard InChI is InChI=1S/C18H14O3/c19-18(21-13-15-4-2-1-3-5-15)9-7-14-6-8-17-16(12-14)10-11-20-17/h1-12H,13H2/b9-7+. The molecule has 2 aromatic carbocycles. The van der Waals surface area contributed by atoms with Crippen molar-refractivity contribution in [1.29, 1.82) is 0 Å². The fourth-order valence-corrected chi connectivity index (χ4v) is 2.03. The lowest BCUT2D eigenvalue weighted by Crippen LogP contribution is -2.00. The van der Waals surface area contributed by atoms with E-state index in [4.69, 9.17) is 9.15 Å². The van der Waals surface area contributed by atoms with Gasteiger partial charge in [-0.15, -0.1) is 0 Å². The molecular formula is C18H14O3. The molecule has 0 N–H and O–H groups in total. The Hall–Kier alpha value is -2.81. The van der Waals surface area contributed by atoms with Gasteiger partial charge in [0.15, 0.2) is 0 Å². The number of furan rings is 1. The molecule has 1 aromatic heterocycles. The van der Waals surface area contributed by atoms with Crippen molar-refractivity contribution < 1.29 is 13.9 Å². The molecule has 0 aliphatic carbocycles. The van der Waals surface area contributed by atoms with Crippen LogP contribution < -0.4 is 0 Å². The fraction of sp³-hybridized carbons (Fsp3) is 0.0556. The smallest absolute Gasteiger partial charge is 0.331 e. The van der Waals surface area contributed by atoms with E-state index in [1.54, 1.807) is 12.3 Å². The Morgan fingerprint density at radius 1 is 1.10 bits per heavy atom. The number of fused-ring (bicyclic) bond motifs is 1. The van der Waals surface area contributed by atoms with Crippen molar-refractivity contribution in [2.45, 2.75) is 6.61 Å². The van der Waals surface area contributed by atoms with Gasteiger partial charge in [0, 0.05) is 11.5 Å². The van der Waals surface area contributed by atoms with E-state index in [9.17, 15) is 4.79 Å². The molecule has 3 nitrogen and oxygen atoms in total. The third-order valence-corrected chi connectivity index (χ3v) is 3.11. The summed E-state index contributed by atoms with van der Waals surface area (Å²) < 4.78 is 10.4. The topological polar surface area (TPSA) is 39.4 Å². The molecule has 0 atom stereocenters. The number of rotatable bonds is 4. The molecule has 0 radical (unpaired) electrons. The molecule has 104 valence electrons. The summed E-state index contributed by atoms with van der Waals surface area (Å²) in [4.78, 5) is 11.7. The van der Waals surface area contributed by atoms with Crippen molar-refractivity contribution in [3.8, 4) is 0 Å². The molecule has 0 amide bonds. The van der Waals surface area contributed by atoms with Gasteiger partial charge in [0.1, 0.15) is 12.2 Å². The molecule has 0 saturated carbocycles. The van der Waals surface area contributed by atoms with Crippen molar-refractivity contribution >= 4 is 23.0 Å². The Morgan fingerprint density at radius 2 is 1.95 bits per heavy atom. The van der Waals surface area contributed by atoms with Gasteiger partial charge >= 0.3 is 5.97 Å². The molecule has 3 rings (SSSR count). The second-order valence-corrected chi connectivity index (χ2v) is 4.64. The quantitative estimate of drug-likeness (QED) is 0.530. The van der Waals surface area contributed by atoms with Gasteiger partial charge in [-0.05, 0) is 35.4 Å². The summed E-state index contributed by atoms with van der Waals surface area (Å²) >= 11 is 0. The van der Waals surface area contributed by atoms with Gasteiger partial charge in [-0.3, -0.25) is 0 Å². The number of ether oxygens (including phenoxy) is 1. The largest absolute Gasteiger partial charge is 0.464 e. The minimum atomic E-state index is -0.355. The maximum absolute atomic E-state index is 11.7. The molecule has 0 fully saturated rings. The van der Waals surface area contributed by atoms with Crippen molar-refractivity contribution in [3.05, 3.63) is 78.1 Å². The molecular weight excluding hydrogens is 264 g/mol. The Bertz CT molecular complexity index is 769. The first kappa shape index (κ1) is 13.2. The zero-order valence-corrected chi connectivity index (χ0v) is 11.4. The average Bonchev–Trinajstić information content (AvgIpc) is 2.99. The van der Waals surface area contributed by atoms with Crippen LogP contribution in [0.1, 0.15) is 11.1 Å². The predicted molar refractivity (Wildman–Crippen MR) is 81.5 cm³/mol. The summed E-state index contributed by atoms with van der Waals surface area (Å²) in [7, 11) is 0. The molecule has 0 bridgehead atoms. The number of hydrogen-bond acceptors (Lipinski definition) is 3. The first-order chi connectivity index (χ1) is 10.3. The zero-order chi connectivity index (χ0) is 14.5. The molecule has 21 heavy (non-hydrogen) atoms. The predicted octanol–water partition coefficient (Wildman–Crippen LogP) is 4.19. The van der Waals surface area contributed by atoms with Gasteiger partial charge in [0.2, 0.25) is 0 Å². The van der Waals surface area contributed by atoms with Crippen LogP contribution in [-0.4, -0.2) is 5.97 Å².